The summed E-state index contributed by atoms with van der Waals surface area (Å²) in [5.74, 6) is 0.768. The third-order valence-corrected chi connectivity index (χ3v) is 2.68. The zero-order valence-electron chi connectivity index (χ0n) is 10.8. The molecule has 0 radical (unpaired) electrons. The van der Waals surface area contributed by atoms with Crippen LogP contribution in [0.4, 0.5) is 0 Å². The maximum Gasteiger partial charge on any atom is 0.258 e. The lowest BCUT2D eigenvalue weighted by Gasteiger charge is -2.17. The molecule has 0 saturated carbocycles. The van der Waals surface area contributed by atoms with E-state index in [-0.39, 0.29) is 11.0 Å². The van der Waals surface area contributed by atoms with Crippen LogP contribution in [0.5, 0.6) is 0 Å². The third kappa shape index (κ3) is 2.54. The van der Waals surface area contributed by atoms with Gasteiger partial charge in [-0.15, -0.1) is 0 Å². The van der Waals surface area contributed by atoms with Gasteiger partial charge >= 0.3 is 0 Å². The Morgan fingerprint density at radius 3 is 2.65 bits per heavy atom. The Kier molecular flexibility index (Phi) is 2.77. The molecule has 0 bridgehead atoms. The molecule has 17 heavy (non-hydrogen) atoms. The Bertz CT molecular complexity index is 606. The van der Waals surface area contributed by atoms with Gasteiger partial charge in [0, 0.05) is 6.42 Å². The van der Waals surface area contributed by atoms with E-state index in [1.807, 2.05) is 25.1 Å². The van der Waals surface area contributed by atoms with Crippen LogP contribution in [-0.2, 0) is 6.42 Å². The second kappa shape index (κ2) is 3.99. The minimum Gasteiger partial charge on any atom is -0.310 e. The fraction of sp³-hybridized carbons (Fsp3) is 0.429. The normalized spacial score (nSPS) is 12.0. The Morgan fingerprint density at radius 1 is 1.29 bits per heavy atom. The molecule has 0 spiro atoms. The molecule has 0 aliphatic heterocycles. The maximum absolute atomic E-state index is 11.9. The Labute approximate surface area is 101 Å². The molecule has 3 heteroatoms. The number of benzene rings is 1. The van der Waals surface area contributed by atoms with Crippen molar-refractivity contribution in [1.82, 2.24) is 9.97 Å². The highest BCUT2D eigenvalue weighted by molar-refractivity contribution is 5.80. The van der Waals surface area contributed by atoms with Crippen LogP contribution in [0.2, 0.25) is 0 Å². The van der Waals surface area contributed by atoms with Crippen LogP contribution in [-0.4, -0.2) is 9.97 Å². The predicted octanol–water partition coefficient (Wildman–Crippen LogP) is 2.82. The van der Waals surface area contributed by atoms with Gasteiger partial charge in [-0.05, 0) is 24.0 Å². The summed E-state index contributed by atoms with van der Waals surface area (Å²) in [5.41, 5.74) is 1.93. The third-order valence-electron chi connectivity index (χ3n) is 2.68. The summed E-state index contributed by atoms with van der Waals surface area (Å²) in [5, 5.41) is 0.669. The minimum atomic E-state index is -0.0436. The van der Waals surface area contributed by atoms with Crippen LogP contribution >= 0.6 is 0 Å². The van der Waals surface area contributed by atoms with E-state index in [0.29, 0.717) is 5.39 Å². The van der Waals surface area contributed by atoms with Gasteiger partial charge in [0.1, 0.15) is 5.82 Å². The van der Waals surface area contributed by atoms with Crippen molar-refractivity contribution in [2.75, 3.05) is 0 Å². The molecule has 1 aromatic heterocycles. The van der Waals surface area contributed by atoms with E-state index in [0.717, 1.165) is 23.3 Å². The molecule has 0 aliphatic carbocycles. The van der Waals surface area contributed by atoms with E-state index in [4.69, 9.17) is 0 Å². The van der Waals surface area contributed by atoms with Crippen LogP contribution < -0.4 is 5.56 Å². The molecule has 90 valence electrons. The quantitative estimate of drug-likeness (QED) is 0.818. The molecule has 0 fully saturated rings. The number of rotatable bonds is 1. The van der Waals surface area contributed by atoms with Gasteiger partial charge in [0.05, 0.1) is 10.9 Å². The number of aromatic amines is 1. The zero-order chi connectivity index (χ0) is 12.6. The lowest BCUT2D eigenvalue weighted by atomic mass is 9.92. The molecule has 0 amide bonds. The van der Waals surface area contributed by atoms with Crippen molar-refractivity contribution in [3.63, 3.8) is 0 Å². The first-order chi connectivity index (χ1) is 7.87. The van der Waals surface area contributed by atoms with Gasteiger partial charge in [-0.1, -0.05) is 32.9 Å². The SMILES string of the molecule is Cc1cccc2c(=O)[nH]c(CC(C)(C)C)nc12. The highest BCUT2D eigenvalue weighted by atomic mass is 16.1. The van der Waals surface area contributed by atoms with Crippen molar-refractivity contribution in [2.45, 2.75) is 34.1 Å². The molecule has 0 unspecified atom stereocenters. The Morgan fingerprint density at radius 2 is 2.00 bits per heavy atom. The summed E-state index contributed by atoms with van der Waals surface area (Å²) >= 11 is 0. The summed E-state index contributed by atoms with van der Waals surface area (Å²) in [6.45, 7) is 8.38. The van der Waals surface area contributed by atoms with Gasteiger partial charge in [-0.25, -0.2) is 4.98 Å². The largest absolute Gasteiger partial charge is 0.310 e. The zero-order valence-corrected chi connectivity index (χ0v) is 10.8. The number of hydrogen-bond acceptors (Lipinski definition) is 2. The number of H-pyrrole nitrogens is 1. The van der Waals surface area contributed by atoms with Gasteiger partial charge in [0.2, 0.25) is 0 Å². The first-order valence-corrected chi connectivity index (χ1v) is 5.85. The standard InChI is InChI=1S/C14H18N2O/c1-9-6-5-7-10-12(9)15-11(16-13(10)17)8-14(2,3)4/h5-7H,8H2,1-4H3,(H,15,16,17). The van der Waals surface area contributed by atoms with E-state index in [2.05, 4.69) is 30.7 Å². The molecular formula is C14H18N2O. The molecule has 0 saturated heterocycles. The summed E-state index contributed by atoms with van der Waals surface area (Å²) < 4.78 is 0. The minimum absolute atomic E-state index is 0.0436. The molecule has 3 nitrogen and oxygen atoms in total. The van der Waals surface area contributed by atoms with Crippen molar-refractivity contribution in [2.24, 2.45) is 5.41 Å². The number of para-hydroxylation sites is 1. The smallest absolute Gasteiger partial charge is 0.258 e. The second-order valence-electron chi connectivity index (χ2n) is 5.72. The number of aromatic nitrogens is 2. The number of fused-ring (bicyclic) bond motifs is 1. The summed E-state index contributed by atoms with van der Waals surface area (Å²) in [7, 11) is 0. The van der Waals surface area contributed by atoms with Crippen molar-refractivity contribution < 1.29 is 0 Å². The molecular weight excluding hydrogens is 212 g/mol. The van der Waals surface area contributed by atoms with Gasteiger partial charge in [0.25, 0.3) is 5.56 Å². The summed E-state index contributed by atoms with van der Waals surface area (Å²) in [6, 6.07) is 5.68. The highest BCUT2D eigenvalue weighted by Crippen LogP contribution is 2.19. The lowest BCUT2D eigenvalue weighted by molar-refractivity contribution is 0.401. The Hall–Kier alpha value is -1.64. The number of hydrogen-bond donors (Lipinski definition) is 1. The molecule has 2 rings (SSSR count). The van der Waals surface area contributed by atoms with Gasteiger partial charge in [-0.2, -0.15) is 0 Å². The number of nitrogens with zero attached hydrogens (tertiary/aromatic N) is 1. The first kappa shape index (κ1) is 11.8. The van der Waals surface area contributed by atoms with E-state index >= 15 is 0 Å². The van der Waals surface area contributed by atoms with Crippen LogP contribution in [0.1, 0.15) is 32.2 Å². The van der Waals surface area contributed by atoms with Crippen LogP contribution in [0.25, 0.3) is 10.9 Å². The number of aryl methyl sites for hydroxylation is 1. The molecule has 1 aromatic carbocycles. The van der Waals surface area contributed by atoms with E-state index < -0.39 is 0 Å². The molecule has 1 heterocycles. The second-order valence-corrected chi connectivity index (χ2v) is 5.72. The maximum atomic E-state index is 11.9. The van der Waals surface area contributed by atoms with Crippen molar-refractivity contribution in [1.29, 1.82) is 0 Å². The summed E-state index contributed by atoms with van der Waals surface area (Å²) in [4.78, 5) is 19.4. The average Bonchev–Trinajstić information content (AvgIpc) is 2.17. The molecule has 0 atom stereocenters. The Balaban J connectivity index is 2.63. The van der Waals surface area contributed by atoms with Gasteiger partial charge < -0.3 is 4.98 Å². The van der Waals surface area contributed by atoms with Crippen LogP contribution in [0.15, 0.2) is 23.0 Å². The predicted molar refractivity (Wildman–Crippen MR) is 70.3 cm³/mol. The van der Waals surface area contributed by atoms with E-state index in [1.54, 1.807) is 0 Å². The van der Waals surface area contributed by atoms with Gasteiger partial charge in [0.15, 0.2) is 0 Å². The molecule has 1 N–H and O–H groups in total. The topological polar surface area (TPSA) is 45.8 Å². The average molecular weight is 230 g/mol. The fourth-order valence-corrected chi connectivity index (χ4v) is 1.94. The van der Waals surface area contributed by atoms with Crippen LogP contribution in [0.3, 0.4) is 0 Å². The fourth-order valence-electron chi connectivity index (χ4n) is 1.94. The van der Waals surface area contributed by atoms with Crippen molar-refractivity contribution in [3.05, 3.63) is 39.9 Å². The lowest BCUT2D eigenvalue weighted by Crippen LogP contribution is -2.18. The molecule has 2 aromatic rings. The summed E-state index contributed by atoms with van der Waals surface area (Å²) in [6.07, 6.45) is 0.770. The molecule has 0 aliphatic rings. The monoisotopic (exact) mass is 230 g/mol. The van der Waals surface area contributed by atoms with E-state index in [9.17, 15) is 4.79 Å². The van der Waals surface area contributed by atoms with Gasteiger partial charge in [-0.3, -0.25) is 4.79 Å². The highest BCUT2D eigenvalue weighted by Gasteiger charge is 2.14. The first-order valence-electron chi connectivity index (χ1n) is 5.85. The van der Waals surface area contributed by atoms with Crippen molar-refractivity contribution >= 4 is 10.9 Å². The van der Waals surface area contributed by atoms with E-state index in [1.165, 1.54) is 0 Å². The van der Waals surface area contributed by atoms with Crippen molar-refractivity contribution in [3.8, 4) is 0 Å². The van der Waals surface area contributed by atoms with Crippen LogP contribution in [0, 0.1) is 12.3 Å². The number of nitrogens with one attached hydrogen (secondary N) is 1.